The average molecular weight is 366 g/mol. The van der Waals surface area contributed by atoms with Crippen LogP contribution < -0.4 is 0 Å². The highest BCUT2D eigenvalue weighted by molar-refractivity contribution is 7.10. The summed E-state index contributed by atoms with van der Waals surface area (Å²) in [6, 6.07) is 17.8. The molecule has 1 amide bonds. The Hall–Kier alpha value is -2.21. The van der Waals surface area contributed by atoms with E-state index in [9.17, 15) is 9.90 Å². The zero-order chi connectivity index (χ0) is 17.9. The van der Waals surface area contributed by atoms with Crippen LogP contribution in [0.25, 0.3) is 10.8 Å². The summed E-state index contributed by atoms with van der Waals surface area (Å²) in [5.41, 5.74) is 0.773. The van der Waals surface area contributed by atoms with Crippen molar-refractivity contribution < 1.29 is 9.90 Å². The monoisotopic (exact) mass is 366 g/mol. The predicted octanol–water partition coefficient (Wildman–Crippen LogP) is 3.39. The number of aliphatic hydroxyl groups excluding tert-OH is 1. The van der Waals surface area contributed by atoms with Crippen LogP contribution >= 0.6 is 11.3 Å². The normalized spacial score (nSPS) is 16.7. The van der Waals surface area contributed by atoms with E-state index >= 15 is 0 Å². The smallest absolute Gasteiger partial charge is 0.254 e. The van der Waals surface area contributed by atoms with E-state index in [4.69, 9.17) is 0 Å². The molecule has 0 saturated carbocycles. The number of β-amino-alcohol motifs (C(OH)–C–C–N with tert-alkyl or cyclic N) is 1. The van der Waals surface area contributed by atoms with Crippen LogP contribution in [-0.2, 0) is 0 Å². The summed E-state index contributed by atoms with van der Waals surface area (Å²) in [4.78, 5) is 18.1. The third-order valence-electron chi connectivity index (χ3n) is 4.98. The Bertz CT molecular complexity index is 881. The molecule has 3 aromatic rings. The van der Waals surface area contributed by atoms with Crippen molar-refractivity contribution >= 4 is 28.0 Å². The highest BCUT2D eigenvalue weighted by Crippen LogP contribution is 2.22. The molecular formula is C21H22N2O2S. The summed E-state index contributed by atoms with van der Waals surface area (Å²) >= 11 is 1.58. The van der Waals surface area contributed by atoms with Gasteiger partial charge in [0.1, 0.15) is 6.10 Å². The first kappa shape index (κ1) is 17.2. The summed E-state index contributed by atoms with van der Waals surface area (Å²) in [5, 5.41) is 14.4. The zero-order valence-electron chi connectivity index (χ0n) is 14.5. The highest BCUT2D eigenvalue weighted by atomic mass is 32.1. The van der Waals surface area contributed by atoms with Gasteiger partial charge in [0.25, 0.3) is 5.91 Å². The van der Waals surface area contributed by atoms with Gasteiger partial charge in [-0.25, -0.2) is 0 Å². The number of thiophene rings is 1. The molecule has 26 heavy (non-hydrogen) atoms. The largest absolute Gasteiger partial charge is 0.386 e. The van der Waals surface area contributed by atoms with E-state index in [1.54, 1.807) is 11.3 Å². The zero-order valence-corrected chi connectivity index (χ0v) is 15.4. The van der Waals surface area contributed by atoms with Crippen LogP contribution in [0.15, 0.2) is 60.0 Å². The van der Waals surface area contributed by atoms with Gasteiger partial charge in [0.15, 0.2) is 0 Å². The minimum Gasteiger partial charge on any atom is -0.386 e. The van der Waals surface area contributed by atoms with Crippen LogP contribution in [0.2, 0.25) is 0 Å². The van der Waals surface area contributed by atoms with E-state index in [1.807, 2.05) is 64.9 Å². The Morgan fingerprint density at radius 3 is 2.54 bits per heavy atom. The van der Waals surface area contributed by atoms with Gasteiger partial charge in [-0.05, 0) is 28.3 Å². The number of amides is 1. The maximum Gasteiger partial charge on any atom is 0.254 e. The lowest BCUT2D eigenvalue weighted by Crippen LogP contribution is -2.49. The summed E-state index contributed by atoms with van der Waals surface area (Å²) in [6.07, 6.45) is -0.449. The highest BCUT2D eigenvalue weighted by Gasteiger charge is 2.24. The molecule has 1 atom stereocenters. The number of nitrogens with zero attached hydrogens (tertiary/aromatic N) is 2. The number of aliphatic hydroxyl groups is 1. The molecule has 1 fully saturated rings. The number of hydrogen-bond donors (Lipinski definition) is 1. The van der Waals surface area contributed by atoms with E-state index in [-0.39, 0.29) is 5.91 Å². The standard InChI is InChI=1S/C21H22N2O2S/c24-19(20-9-4-14-26-20)15-22-10-12-23(13-11-22)21(25)18-8-3-6-16-5-1-2-7-17(16)18/h1-9,14,19,24H,10-13,15H2. The molecule has 4 rings (SSSR count). The lowest BCUT2D eigenvalue weighted by molar-refractivity contribution is 0.0534. The number of fused-ring (bicyclic) bond motifs is 1. The topological polar surface area (TPSA) is 43.8 Å². The number of benzene rings is 2. The van der Waals surface area contributed by atoms with Gasteiger partial charge in [-0.2, -0.15) is 0 Å². The average Bonchev–Trinajstić information content (AvgIpc) is 3.23. The van der Waals surface area contributed by atoms with Crippen LogP contribution in [0, 0.1) is 0 Å². The molecule has 1 unspecified atom stereocenters. The van der Waals surface area contributed by atoms with Crippen molar-refractivity contribution in [3.8, 4) is 0 Å². The van der Waals surface area contributed by atoms with E-state index in [0.29, 0.717) is 19.6 Å². The fourth-order valence-electron chi connectivity index (χ4n) is 3.53. The van der Waals surface area contributed by atoms with Crippen LogP contribution in [0.4, 0.5) is 0 Å². The van der Waals surface area contributed by atoms with E-state index in [1.165, 1.54) is 0 Å². The molecule has 1 saturated heterocycles. The number of carbonyl (C=O) groups is 1. The molecule has 1 N–H and O–H groups in total. The van der Waals surface area contributed by atoms with Crippen molar-refractivity contribution in [1.82, 2.24) is 9.80 Å². The number of rotatable bonds is 4. The van der Waals surface area contributed by atoms with Gasteiger partial charge in [-0.15, -0.1) is 11.3 Å². The summed E-state index contributed by atoms with van der Waals surface area (Å²) in [6.45, 7) is 3.59. The Balaban J connectivity index is 1.40. The Labute approximate surface area is 157 Å². The minimum absolute atomic E-state index is 0.0975. The molecule has 1 aliphatic rings. The van der Waals surface area contributed by atoms with Crippen LogP contribution in [0.5, 0.6) is 0 Å². The fraction of sp³-hybridized carbons (Fsp3) is 0.286. The van der Waals surface area contributed by atoms with E-state index in [0.717, 1.165) is 34.3 Å². The molecule has 2 aromatic carbocycles. The quantitative estimate of drug-likeness (QED) is 0.770. The number of hydrogen-bond acceptors (Lipinski definition) is 4. The molecular weight excluding hydrogens is 344 g/mol. The first-order chi connectivity index (χ1) is 12.7. The molecule has 1 aliphatic heterocycles. The van der Waals surface area contributed by atoms with Gasteiger partial charge in [0.05, 0.1) is 0 Å². The van der Waals surface area contributed by atoms with Gasteiger partial charge in [-0.3, -0.25) is 9.69 Å². The van der Waals surface area contributed by atoms with Gasteiger partial charge in [0.2, 0.25) is 0 Å². The predicted molar refractivity (Wildman–Crippen MR) is 106 cm³/mol. The molecule has 0 spiro atoms. The molecule has 0 bridgehead atoms. The lowest BCUT2D eigenvalue weighted by atomic mass is 10.0. The minimum atomic E-state index is -0.449. The lowest BCUT2D eigenvalue weighted by Gasteiger charge is -2.35. The van der Waals surface area contributed by atoms with Gasteiger partial charge in [-0.1, -0.05) is 42.5 Å². The molecule has 1 aromatic heterocycles. The van der Waals surface area contributed by atoms with Crippen LogP contribution in [0.3, 0.4) is 0 Å². The van der Waals surface area contributed by atoms with Crippen molar-refractivity contribution in [2.45, 2.75) is 6.10 Å². The van der Waals surface area contributed by atoms with Crippen molar-refractivity contribution in [3.63, 3.8) is 0 Å². The Morgan fingerprint density at radius 2 is 1.77 bits per heavy atom. The van der Waals surface area contributed by atoms with Crippen LogP contribution in [0.1, 0.15) is 21.3 Å². The first-order valence-corrected chi connectivity index (χ1v) is 9.81. The van der Waals surface area contributed by atoms with Crippen molar-refractivity contribution in [3.05, 3.63) is 70.4 Å². The second-order valence-electron chi connectivity index (χ2n) is 6.65. The Morgan fingerprint density at radius 1 is 1.00 bits per heavy atom. The van der Waals surface area contributed by atoms with Gasteiger partial charge in [0, 0.05) is 43.2 Å². The van der Waals surface area contributed by atoms with E-state index in [2.05, 4.69) is 4.90 Å². The van der Waals surface area contributed by atoms with E-state index < -0.39 is 6.10 Å². The molecule has 5 heteroatoms. The van der Waals surface area contributed by atoms with Gasteiger partial charge < -0.3 is 10.0 Å². The molecule has 0 radical (unpaired) electrons. The fourth-order valence-corrected chi connectivity index (χ4v) is 4.23. The summed E-state index contributed by atoms with van der Waals surface area (Å²) < 4.78 is 0. The third kappa shape index (κ3) is 3.51. The molecule has 134 valence electrons. The number of carbonyl (C=O) groups excluding carboxylic acids is 1. The van der Waals surface area contributed by atoms with Crippen molar-refractivity contribution in [2.24, 2.45) is 0 Å². The van der Waals surface area contributed by atoms with Crippen molar-refractivity contribution in [2.75, 3.05) is 32.7 Å². The summed E-state index contributed by atoms with van der Waals surface area (Å²) in [5.74, 6) is 0.0975. The SMILES string of the molecule is O=C(c1cccc2ccccc12)N1CCN(CC(O)c2cccs2)CC1. The second kappa shape index (κ2) is 7.58. The summed E-state index contributed by atoms with van der Waals surface area (Å²) in [7, 11) is 0. The number of piperazine rings is 1. The Kier molecular flexibility index (Phi) is 5.02. The first-order valence-electron chi connectivity index (χ1n) is 8.93. The molecule has 0 aliphatic carbocycles. The molecule has 4 nitrogen and oxygen atoms in total. The van der Waals surface area contributed by atoms with Crippen LogP contribution in [-0.4, -0.2) is 53.5 Å². The van der Waals surface area contributed by atoms with Gasteiger partial charge >= 0.3 is 0 Å². The maximum atomic E-state index is 13.0. The molecule has 2 heterocycles. The second-order valence-corrected chi connectivity index (χ2v) is 7.63. The third-order valence-corrected chi connectivity index (χ3v) is 5.96. The maximum absolute atomic E-state index is 13.0. The van der Waals surface area contributed by atoms with Crippen molar-refractivity contribution in [1.29, 1.82) is 0 Å².